The summed E-state index contributed by atoms with van der Waals surface area (Å²) < 4.78 is 5.26. The SMILES string of the molecule is O=C(O)c1ccc(C2C[C@@H]2C(=O)Cc2ccc3cnsc3c2)cc1. The van der Waals surface area contributed by atoms with Crippen LogP contribution >= 0.6 is 11.5 Å². The minimum Gasteiger partial charge on any atom is -0.478 e. The molecule has 5 heteroatoms. The maximum absolute atomic E-state index is 12.5. The number of carboxylic acids is 1. The molecule has 3 aromatic rings. The van der Waals surface area contributed by atoms with Crippen LogP contribution < -0.4 is 0 Å². The molecule has 2 aromatic carbocycles. The summed E-state index contributed by atoms with van der Waals surface area (Å²) in [6.45, 7) is 0. The van der Waals surface area contributed by atoms with Gasteiger partial charge in [0.25, 0.3) is 0 Å². The number of benzene rings is 2. The number of hydrogen-bond acceptors (Lipinski definition) is 4. The van der Waals surface area contributed by atoms with Gasteiger partial charge in [-0.3, -0.25) is 4.79 Å². The fourth-order valence-corrected chi connectivity index (χ4v) is 3.85. The zero-order valence-corrected chi connectivity index (χ0v) is 13.6. The van der Waals surface area contributed by atoms with E-state index >= 15 is 0 Å². The first kappa shape index (κ1) is 15.0. The number of ketones is 1. The number of rotatable bonds is 5. The average Bonchev–Trinajstić information content (AvgIpc) is 3.25. The lowest BCUT2D eigenvalue weighted by Crippen LogP contribution is -2.06. The molecule has 0 amide bonds. The van der Waals surface area contributed by atoms with Crippen molar-refractivity contribution < 1.29 is 14.7 Å². The van der Waals surface area contributed by atoms with Gasteiger partial charge in [-0.15, -0.1) is 0 Å². The number of fused-ring (bicyclic) bond motifs is 1. The van der Waals surface area contributed by atoms with Crippen molar-refractivity contribution in [2.45, 2.75) is 18.8 Å². The quantitative estimate of drug-likeness (QED) is 0.766. The van der Waals surface area contributed by atoms with E-state index in [-0.39, 0.29) is 23.2 Å². The summed E-state index contributed by atoms with van der Waals surface area (Å²) in [7, 11) is 0. The zero-order chi connectivity index (χ0) is 16.7. The molecule has 4 nitrogen and oxygen atoms in total. The van der Waals surface area contributed by atoms with Gasteiger partial charge in [0.05, 0.1) is 10.3 Å². The lowest BCUT2D eigenvalue weighted by Gasteiger charge is -2.03. The van der Waals surface area contributed by atoms with E-state index in [1.165, 1.54) is 11.5 Å². The molecule has 0 bridgehead atoms. The average molecular weight is 337 g/mol. The molecular weight excluding hydrogens is 322 g/mol. The van der Waals surface area contributed by atoms with E-state index in [1.807, 2.05) is 36.5 Å². The van der Waals surface area contributed by atoms with Crippen molar-refractivity contribution in [2.24, 2.45) is 5.92 Å². The predicted molar refractivity (Wildman–Crippen MR) is 92.6 cm³/mol. The summed E-state index contributed by atoms with van der Waals surface area (Å²) in [6.07, 6.45) is 3.14. The summed E-state index contributed by atoms with van der Waals surface area (Å²) in [5, 5.41) is 10.0. The molecule has 0 aliphatic heterocycles. The molecule has 0 saturated heterocycles. The van der Waals surface area contributed by atoms with Crippen LogP contribution in [0.15, 0.2) is 48.7 Å². The van der Waals surface area contributed by atoms with Crippen LogP contribution in [0.25, 0.3) is 10.1 Å². The van der Waals surface area contributed by atoms with Crippen LogP contribution in [0.2, 0.25) is 0 Å². The standard InChI is InChI=1S/C19H15NO3S/c21-17(7-11-1-2-14-10-20-24-18(14)8-11)16-9-15(16)12-3-5-13(6-4-12)19(22)23/h1-6,8,10,15-16H,7,9H2,(H,22,23)/t15?,16-/m0/s1. The lowest BCUT2D eigenvalue weighted by molar-refractivity contribution is -0.119. The van der Waals surface area contributed by atoms with E-state index in [9.17, 15) is 9.59 Å². The Balaban J connectivity index is 1.43. The van der Waals surface area contributed by atoms with Gasteiger partial charge in [0, 0.05) is 23.9 Å². The number of aromatic carboxylic acids is 1. The first-order valence-electron chi connectivity index (χ1n) is 7.81. The van der Waals surface area contributed by atoms with Crippen molar-refractivity contribution in [1.82, 2.24) is 4.37 Å². The van der Waals surface area contributed by atoms with Crippen LogP contribution in [0.3, 0.4) is 0 Å². The van der Waals surface area contributed by atoms with Crippen molar-refractivity contribution in [3.8, 4) is 0 Å². The minimum absolute atomic E-state index is 0.0536. The molecule has 0 radical (unpaired) electrons. The maximum atomic E-state index is 12.5. The van der Waals surface area contributed by atoms with E-state index in [0.717, 1.165) is 27.6 Å². The van der Waals surface area contributed by atoms with Crippen molar-refractivity contribution in [3.63, 3.8) is 0 Å². The molecule has 1 saturated carbocycles. The summed E-state index contributed by atoms with van der Waals surface area (Å²) in [5.41, 5.74) is 2.36. The Kier molecular flexibility index (Phi) is 3.65. The van der Waals surface area contributed by atoms with Crippen LogP contribution in [0, 0.1) is 5.92 Å². The van der Waals surface area contributed by atoms with Gasteiger partial charge in [0.15, 0.2) is 0 Å². The number of aromatic nitrogens is 1. The third-order valence-corrected chi connectivity index (χ3v) is 5.35. The van der Waals surface area contributed by atoms with Gasteiger partial charge in [-0.25, -0.2) is 4.79 Å². The van der Waals surface area contributed by atoms with Crippen LogP contribution in [-0.2, 0) is 11.2 Å². The number of hydrogen-bond donors (Lipinski definition) is 1. The number of nitrogens with zero attached hydrogens (tertiary/aromatic N) is 1. The van der Waals surface area contributed by atoms with Crippen LogP contribution in [-0.4, -0.2) is 21.2 Å². The Morgan fingerprint density at radius 1 is 1.17 bits per heavy atom. The smallest absolute Gasteiger partial charge is 0.335 e. The topological polar surface area (TPSA) is 67.3 Å². The van der Waals surface area contributed by atoms with Gasteiger partial charge in [-0.2, -0.15) is 4.37 Å². The Hall–Kier alpha value is -2.53. The van der Waals surface area contributed by atoms with E-state index < -0.39 is 5.97 Å². The monoisotopic (exact) mass is 337 g/mol. The zero-order valence-electron chi connectivity index (χ0n) is 12.8. The predicted octanol–water partition coefficient (Wildman–Crippen LogP) is 3.91. The van der Waals surface area contributed by atoms with E-state index in [1.54, 1.807) is 12.1 Å². The van der Waals surface area contributed by atoms with E-state index in [2.05, 4.69) is 4.37 Å². The van der Waals surface area contributed by atoms with Crippen LogP contribution in [0.1, 0.15) is 33.8 Å². The maximum Gasteiger partial charge on any atom is 0.335 e. The molecule has 24 heavy (non-hydrogen) atoms. The molecule has 4 rings (SSSR count). The van der Waals surface area contributed by atoms with Gasteiger partial charge in [0.2, 0.25) is 0 Å². The first-order valence-corrected chi connectivity index (χ1v) is 8.58. The third-order valence-electron chi connectivity index (χ3n) is 4.59. The molecule has 1 heterocycles. The largest absolute Gasteiger partial charge is 0.478 e. The fourth-order valence-electron chi connectivity index (χ4n) is 3.14. The number of carboxylic acid groups (broad SMARTS) is 1. The molecule has 1 N–H and O–H groups in total. The van der Waals surface area contributed by atoms with E-state index in [4.69, 9.17) is 5.11 Å². The molecule has 0 spiro atoms. The normalized spacial score (nSPS) is 19.3. The summed E-state index contributed by atoms with van der Waals surface area (Å²) >= 11 is 1.44. The van der Waals surface area contributed by atoms with Crippen LogP contribution in [0.4, 0.5) is 0 Å². The highest BCUT2D eigenvalue weighted by molar-refractivity contribution is 7.13. The molecule has 1 fully saturated rings. The van der Waals surface area contributed by atoms with E-state index in [0.29, 0.717) is 6.42 Å². The Labute approximate surface area is 142 Å². The molecule has 120 valence electrons. The summed E-state index contributed by atoms with van der Waals surface area (Å²) in [4.78, 5) is 23.4. The number of Topliss-reactive ketones (excluding diaryl/α,β-unsaturated/α-hetero) is 1. The highest BCUT2D eigenvalue weighted by Gasteiger charge is 2.43. The van der Waals surface area contributed by atoms with Gasteiger partial charge in [-0.05, 0) is 53.2 Å². The highest BCUT2D eigenvalue weighted by atomic mass is 32.1. The fraction of sp³-hybridized carbons (Fsp3) is 0.211. The number of carbonyl (C=O) groups is 2. The van der Waals surface area contributed by atoms with Gasteiger partial charge >= 0.3 is 5.97 Å². The van der Waals surface area contributed by atoms with Gasteiger partial charge < -0.3 is 5.11 Å². The molecule has 2 atom stereocenters. The third kappa shape index (κ3) is 2.83. The van der Waals surface area contributed by atoms with Crippen molar-refractivity contribution in [2.75, 3.05) is 0 Å². The Bertz CT molecular complexity index is 929. The summed E-state index contributed by atoms with van der Waals surface area (Å²) in [6, 6.07) is 12.9. The molecule has 1 aromatic heterocycles. The first-order chi connectivity index (χ1) is 11.6. The van der Waals surface area contributed by atoms with Crippen LogP contribution in [0.5, 0.6) is 0 Å². The summed E-state index contributed by atoms with van der Waals surface area (Å²) in [5.74, 6) is -0.389. The van der Waals surface area contributed by atoms with Crippen molar-refractivity contribution in [1.29, 1.82) is 0 Å². The Morgan fingerprint density at radius 3 is 2.71 bits per heavy atom. The minimum atomic E-state index is -0.927. The second kappa shape index (κ2) is 5.83. The van der Waals surface area contributed by atoms with Crippen molar-refractivity contribution >= 4 is 33.4 Å². The highest BCUT2D eigenvalue weighted by Crippen LogP contribution is 2.48. The second-order valence-electron chi connectivity index (χ2n) is 6.22. The molecular formula is C19H15NO3S. The molecule has 1 aliphatic carbocycles. The molecule has 1 aliphatic rings. The van der Waals surface area contributed by atoms with Crippen molar-refractivity contribution in [3.05, 3.63) is 65.4 Å². The lowest BCUT2D eigenvalue weighted by atomic mass is 10.0. The Morgan fingerprint density at radius 2 is 1.96 bits per heavy atom. The molecule has 1 unspecified atom stereocenters. The second-order valence-corrected chi connectivity index (χ2v) is 7.05. The van der Waals surface area contributed by atoms with Gasteiger partial charge in [-0.1, -0.05) is 24.3 Å². The number of carbonyl (C=O) groups excluding carboxylic acids is 1. The van der Waals surface area contributed by atoms with Gasteiger partial charge in [0.1, 0.15) is 5.78 Å².